The number of nitrogens with one attached hydrogen (secondary N) is 1. The highest BCUT2D eigenvalue weighted by atomic mass is 79.9. The summed E-state index contributed by atoms with van der Waals surface area (Å²) in [7, 11) is 0. The Hall–Kier alpha value is -1.58. The van der Waals surface area contributed by atoms with E-state index in [1.54, 1.807) is 0 Å². The number of halogens is 1. The predicted molar refractivity (Wildman–Crippen MR) is 78.1 cm³/mol. The first-order valence-electron chi connectivity index (χ1n) is 5.75. The molecule has 90 valence electrons. The molecular formula is C15H12BrNO. The molecular weight excluding hydrogens is 290 g/mol. The molecule has 1 heterocycles. The molecule has 1 atom stereocenters. The minimum absolute atomic E-state index is 0.633. The van der Waals surface area contributed by atoms with Crippen LogP contribution >= 0.6 is 15.9 Å². The SMILES string of the molecule is OC1Nc2ccccc2/C1=C/c1ccc(Br)cc1. The molecule has 1 aliphatic rings. The van der Waals surface area contributed by atoms with Crippen LogP contribution in [-0.4, -0.2) is 11.3 Å². The van der Waals surface area contributed by atoms with Gasteiger partial charge in [0.15, 0.2) is 6.23 Å². The molecule has 3 rings (SSSR count). The van der Waals surface area contributed by atoms with Crippen molar-refractivity contribution in [3.63, 3.8) is 0 Å². The number of fused-ring (bicyclic) bond motifs is 1. The lowest BCUT2D eigenvalue weighted by molar-refractivity contribution is 0.266. The third kappa shape index (κ3) is 2.07. The highest BCUT2D eigenvalue weighted by molar-refractivity contribution is 9.10. The van der Waals surface area contributed by atoms with Crippen molar-refractivity contribution in [2.24, 2.45) is 0 Å². The average molecular weight is 302 g/mol. The number of benzene rings is 2. The molecule has 0 spiro atoms. The van der Waals surface area contributed by atoms with Crippen molar-refractivity contribution in [2.75, 3.05) is 5.32 Å². The van der Waals surface area contributed by atoms with E-state index < -0.39 is 6.23 Å². The second-order valence-corrected chi connectivity index (χ2v) is 5.16. The first-order valence-corrected chi connectivity index (χ1v) is 6.54. The van der Waals surface area contributed by atoms with Gasteiger partial charge in [-0.05, 0) is 29.8 Å². The van der Waals surface area contributed by atoms with Crippen LogP contribution in [0.25, 0.3) is 11.6 Å². The third-order valence-electron chi connectivity index (χ3n) is 3.02. The van der Waals surface area contributed by atoms with E-state index in [2.05, 4.69) is 21.2 Å². The maximum atomic E-state index is 10.0. The van der Waals surface area contributed by atoms with Crippen molar-refractivity contribution in [1.82, 2.24) is 0 Å². The molecule has 2 aromatic carbocycles. The number of aliphatic hydroxyl groups excluding tert-OH is 1. The highest BCUT2D eigenvalue weighted by Gasteiger charge is 2.23. The number of anilines is 1. The lowest BCUT2D eigenvalue weighted by Gasteiger charge is -2.05. The summed E-state index contributed by atoms with van der Waals surface area (Å²) >= 11 is 3.41. The summed E-state index contributed by atoms with van der Waals surface area (Å²) in [6, 6.07) is 16.0. The van der Waals surface area contributed by atoms with Crippen molar-refractivity contribution in [3.05, 3.63) is 64.1 Å². The topological polar surface area (TPSA) is 32.3 Å². The Kier molecular flexibility index (Phi) is 2.94. The monoisotopic (exact) mass is 301 g/mol. The molecule has 0 amide bonds. The Bertz CT molecular complexity index is 604. The second-order valence-electron chi connectivity index (χ2n) is 4.24. The average Bonchev–Trinajstić information content (AvgIpc) is 2.69. The van der Waals surface area contributed by atoms with Crippen LogP contribution < -0.4 is 5.32 Å². The van der Waals surface area contributed by atoms with E-state index in [0.717, 1.165) is 26.9 Å². The fourth-order valence-corrected chi connectivity index (χ4v) is 2.39. The quantitative estimate of drug-likeness (QED) is 0.841. The number of hydrogen-bond donors (Lipinski definition) is 2. The van der Waals surface area contributed by atoms with Crippen LogP contribution in [0, 0.1) is 0 Å². The van der Waals surface area contributed by atoms with Crippen LogP contribution in [0.1, 0.15) is 11.1 Å². The van der Waals surface area contributed by atoms with Gasteiger partial charge in [0.1, 0.15) is 0 Å². The maximum Gasteiger partial charge on any atom is 0.151 e. The molecule has 0 aliphatic carbocycles. The minimum Gasteiger partial charge on any atom is -0.369 e. The summed E-state index contributed by atoms with van der Waals surface area (Å²) < 4.78 is 1.05. The Morgan fingerprint density at radius 3 is 2.56 bits per heavy atom. The molecule has 0 fully saturated rings. The van der Waals surface area contributed by atoms with E-state index in [4.69, 9.17) is 0 Å². The summed E-state index contributed by atoms with van der Waals surface area (Å²) in [5.74, 6) is 0. The van der Waals surface area contributed by atoms with E-state index in [-0.39, 0.29) is 0 Å². The Morgan fingerprint density at radius 1 is 1.06 bits per heavy atom. The van der Waals surface area contributed by atoms with Gasteiger partial charge < -0.3 is 10.4 Å². The van der Waals surface area contributed by atoms with E-state index in [9.17, 15) is 5.11 Å². The van der Waals surface area contributed by atoms with Gasteiger partial charge in [0.2, 0.25) is 0 Å². The zero-order chi connectivity index (χ0) is 12.5. The van der Waals surface area contributed by atoms with Gasteiger partial charge in [-0.2, -0.15) is 0 Å². The lowest BCUT2D eigenvalue weighted by atomic mass is 10.0. The van der Waals surface area contributed by atoms with E-state index in [1.807, 2.05) is 54.6 Å². The van der Waals surface area contributed by atoms with Gasteiger partial charge in [-0.3, -0.25) is 0 Å². The molecule has 0 saturated carbocycles. The summed E-state index contributed by atoms with van der Waals surface area (Å²) in [6.07, 6.45) is 1.38. The number of hydrogen-bond acceptors (Lipinski definition) is 2. The van der Waals surface area contributed by atoms with Gasteiger partial charge in [0, 0.05) is 21.3 Å². The van der Waals surface area contributed by atoms with E-state index >= 15 is 0 Å². The Balaban J connectivity index is 2.04. The predicted octanol–water partition coefficient (Wildman–Crippen LogP) is 3.73. The van der Waals surface area contributed by atoms with Crippen LogP contribution in [0.5, 0.6) is 0 Å². The van der Waals surface area contributed by atoms with Crippen LogP contribution in [0.2, 0.25) is 0 Å². The fourth-order valence-electron chi connectivity index (χ4n) is 2.13. The minimum atomic E-state index is -0.633. The van der Waals surface area contributed by atoms with Gasteiger partial charge in [-0.15, -0.1) is 0 Å². The lowest BCUT2D eigenvalue weighted by Crippen LogP contribution is -2.12. The Labute approximate surface area is 114 Å². The van der Waals surface area contributed by atoms with Gasteiger partial charge in [-0.1, -0.05) is 46.3 Å². The van der Waals surface area contributed by atoms with Gasteiger partial charge in [0.25, 0.3) is 0 Å². The van der Waals surface area contributed by atoms with Crippen molar-refractivity contribution < 1.29 is 5.11 Å². The molecule has 2 nitrogen and oxygen atoms in total. The standard InChI is InChI=1S/C15H12BrNO/c16-11-7-5-10(6-8-11)9-13-12-3-1-2-4-14(12)17-15(13)18/h1-9,15,17-18H/b13-9-. The molecule has 3 heteroatoms. The molecule has 0 bridgehead atoms. The van der Waals surface area contributed by atoms with Crippen molar-refractivity contribution in [3.8, 4) is 0 Å². The summed E-state index contributed by atoms with van der Waals surface area (Å²) in [4.78, 5) is 0. The van der Waals surface area contributed by atoms with Crippen LogP contribution in [0.3, 0.4) is 0 Å². The molecule has 2 N–H and O–H groups in total. The Morgan fingerprint density at radius 2 is 1.78 bits per heavy atom. The molecule has 0 aromatic heterocycles. The number of aliphatic hydroxyl groups is 1. The molecule has 1 aliphatic heterocycles. The summed E-state index contributed by atoms with van der Waals surface area (Å²) in [5, 5.41) is 13.1. The summed E-state index contributed by atoms with van der Waals surface area (Å²) in [6.45, 7) is 0. The molecule has 0 saturated heterocycles. The summed E-state index contributed by atoms with van der Waals surface area (Å²) in [5.41, 5.74) is 4.03. The zero-order valence-corrected chi connectivity index (χ0v) is 11.2. The van der Waals surface area contributed by atoms with E-state index in [0.29, 0.717) is 0 Å². The molecule has 0 radical (unpaired) electrons. The van der Waals surface area contributed by atoms with Crippen LogP contribution in [0.4, 0.5) is 5.69 Å². The number of para-hydroxylation sites is 1. The van der Waals surface area contributed by atoms with Gasteiger partial charge in [0.05, 0.1) is 0 Å². The largest absolute Gasteiger partial charge is 0.369 e. The maximum absolute atomic E-state index is 10.0. The second kappa shape index (κ2) is 4.59. The first-order chi connectivity index (χ1) is 8.74. The normalized spacial score (nSPS) is 19.7. The van der Waals surface area contributed by atoms with Crippen molar-refractivity contribution in [1.29, 1.82) is 0 Å². The van der Waals surface area contributed by atoms with Gasteiger partial charge >= 0.3 is 0 Å². The zero-order valence-electron chi connectivity index (χ0n) is 9.60. The van der Waals surface area contributed by atoms with Crippen molar-refractivity contribution in [2.45, 2.75) is 6.23 Å². The first kappa shape index (κ1) is 11.5. The molecule has 2 aromatic rings. The fraction of sp³-hybridized carbons (Fsp3) is 0.0667. The third-order valence-corrected chi connectivity index (χ3v) is 3.55. The number of rotatable bonds is 1. The smallest absolute Gasteiger partial charge is 0.151 e. The molecule has 18 heavy (non-hydrogen) atoms. The van der Waals surface area contributed by atoms with Crippen molar-refractivity contribution >= 4 is 33.3 Å². The molecule has 1 unspecified atom stereocenters. The van der Waals surface area contributed by atoms with Crippen LogP contribution in [-0.2, 0) is 0 Å². The van der Waals surface area contributed by atoms with Gasteiger partial charge in [-0.25, -0.2) is 0 Å². The van der Waals surface area contributed by atoms with E-state index in [1.165, 1.54) is 0 Å². The van der Waals surface area contributed by atoms with Crippen LogP contribution in [0.15, 0.2) is 53.0 Å². The highest BCUT2D eigenvalue weighted by Crippen LogP contribution is 2.35.